The second-order valence-electron chi connectivity index (χ2n) is 5.19. The number of nitrogen functional groups attached to an aromatic ring is 1. The Morgan fingerprint density at radius 1 is 1.38 bits per heavy atom. The zero-order valence-corrected chi connectivity index (χ0v) is 15.4. The van der Waals surface area contributed by atoms with Gasteiger partial charge in [-0.1, -0.05) is 15.9 Å². The molecule has 1 atom stereocenters. The van der Waals surface area contributed by atoms with Crippen LogP contribution in [0.5, 0.6) is 0 Å². The molecule has 1 unspecified atom stereocenters. The Bertz CT molecular complexity index is 597. The topological polar surface area (TPSA) is 83.6 Å². The lowest BCUT2D eigenvalue weighted by atomic mass is 9.97. The van der Waals surface area contributed by atoms with Crippen molar-refractivity contribution < 1.29 is 13.5 Å². The molecule has 0 spiro atoms. The first kappa shape index (κ1) is 17.2. The van der Waals surface area contributed by atoms with E-state index < -0.39 is 10.0 Å². The fourth-order valence-electron chi connectivity index (χ4n) is 2.64. The number of piperidine rings is 1. The number of aliphatic hydroxyl groups excluding tert-OH is 1. The van der Waals surface area contributed by atoms with Gasteiger partial charge in [-0.25, -0.2) is 8.42 Å². The van der Waals surface area contributed by atoms with Crippen LogP contribution in [0.2, 0.25) is 0 Å². The molecule has 1 heterocycles. The molecule has 8 heteroatoms. The van der Waals surface area contributed by atoms with Crippen LogP contribution in [0.4, 0.5) is 5.69 Å². The van der Waals surface area contributed by atoms with E-state index in [0.717, 1.165) is 17.3 Å². The van der Waals surface area contributed by atoms with E-state index >= 15 is 0 Å². The Balaban J connectivity index is 2.34. The highest BCUT2D eigenvalue weighted by Crippen LogP contribution is 2.35. The van der Waals surface area contributed by atoms with Crippen LogP contribution in [-0.2, 0) is 10.0 Å². The molecule has 0 aliphatic carbocycles. The van der Waals surface area contributed by atoms with Gasteiger partial charge in [0.15, 0.2) is 0 Å². The normalized spacial score (nSPS) is 20.6. The third-order valence-electron chi connectivity index (χ3n) is 3.65. The number of sulfonamides is 1. The molecule has 1 aliphatic rings. The van der Waals surface area contributed by atoms with E-state index in [9.17, 15) is 8.42 Å². The zero-order valence-electron chi connectivity index (χ0n) is 11.4. The number of hydrogen-bond donors (Lipinski definition) is 2. The number of benzene rings is 1. The molecule has 0 saturated carbocycles. The Morgan fingerprint density at radius 3 is 2.71 bits per heavy atom. The van der Waals surface area contributed by atoms with E-state index in [4.69, 9.17) is 10.8 Å². The third kappa shape index (κ3) is 3.79. The first-order valence-electron chi connectivity index (χ1n) is 6.71. The van der Waals surface area contributed by atoms with Crippen LogP contribution < -0.4 is 5.73 Å². The van der Waals surface area contributed by atoms with Gasteiger partial charge < -0.3 is 10.8 Å². The molecule has 1 aromatic carbocycles. The first-order chi connectivity index (χ1) is 9.86. The van der Waals surface area contributed by atoms with Gasteiger partial charge in [-0.05, 0) is 53.2 Å². The minimum Gasteiger partial charge on any atom is -0.398 e. The van der Waals surface area contributed by atoms with Gasteiger partial charge in [-0.3, -0.25) is 0 Å². The van der Waals surface area contributed by atoms with Crippen molar-refractivity contribution in [3.8, 4) is 0 Å². The molecule has 21 heavy (non-hydrogen) atoms. The maximum atomic E-state index is 12.8. The van der Waals surface area contributed by atoms with E-state index in [2.05, 4.69) is 31.9 Å². The molecule has 1 aliphatic heterocycles. The second-order valence-corrected chi connectivity index (χ2v) is 8.83. The third-order valence-corrected chi connectivity index (χ3v) is 6.98. The Kier molecular flexibility index (Phi) is 5.70. The number of nitrogens with zero attached hydrogens (tertiary/aromatic N) is 1. The Labute approximate surface area is 141 Å². The molecular formula is C13H18Br2N2O3S. The molecule has 1 saturated heterocycles. The summed E-state index contributed by atoms with van der Waals surface area (Å²) < 4.78 is 28.3. The lowest BCUT2D eigenvalue weighted by Gasteiger charge is -2.32. The average molecular weight is 442 g/mol. The molecule has 0 bridgehead atoms. The molecule has 3 N–H and O–H groups in total. The van der Waals surface area contributed by atoms with Crippen molar-refractivity contribution in [1.82, 2.24) is 4.31 Å². The van der Waals surface area contributed by atoms with Crippen molar-refractivity contribution in [2.24, 2.45) is 5.92 Å². The van der Waals surface area contributed by atoms with Gasteiger partial charge in [-0.2, -0.15) is 4.31 Å². The predicted molar refractivity (Wildman–Crippen MR) is 89.4 cm³/mol. The highest BCUT2D eigenvalue weighted by Gasteiger charge is 2.32. The smallest absolute Gasteiger partial charge is 0.246 e. The summed E-state index contributed by atoms with van der Waals surface area (Å²) >= 11 is 6.58. The van der Waals surface area contributed by atoms with Crippen LogP contribution >= 0.6 is 31.9 Å². The van der Waals surface area contributed by atoms with Gasteiger partial charge in [0.2, 0.25) is 10.0 Å². The minimum absolute atomic E-state index is 0.0860. The van der Waals surface area contributed by atoms with E-state index in [1.54, 1.807) is 12.1 Å². The summed E-state index contributed by atoms with van der Waals surface area (Å²) in [6.45, 7) is 1.01. The van der Waals surface area contributed by atoms with Gasteiger partial charge in [0.1, 0.15) is 4.90 Å². The van der Waals surface area contributed by atoms with Crippen molar-refractivity contribution in [1.29, 1.82) is 0 Å². The van der Waals surface area contributed by atoms with Gasteiger partial charge in [-0.15, -0.1) is 0 Å². The standard InChI is InChI=1S/C13H18Br2N2O3S/c14-10-6-11(15)13(12(16)7-10)21(19,20)17-4-1-2-9(8-17)3-5-18/h6-7,9,18H,1-5,8,16H2. The Hall–Kier alpha value is -0.150. The number of nitrogens with two attached hydrogens (primary N) is 1. The van der Waals surface area contributed by atoms with Crippen LogP contribution in [-0.4, -0.2) is 37.5 Å². The van der Waals surface area contributed by atoms with Gasteiger partial charge >= 0.3 is 0 Å². The SMILES string of the molecule is Nc1cc(Br)cc(Br)c1S(=O)(=O)N1CCCC(CCO)C1. The summed E-state index contributed by atoms with van der Waals surface area (Å²) in [6, 6.07) is 3.27. The number of halogens is 2. The van der Waals surface area contributed by atoms with Crippen molar-refractivity contribution >= 4 is 47.6 Å². The Morgan fingerprint density at radius 2 is 2.10 bits per heavy atom. The van der Waals surface area contributed by atoms with Crippen molar-refractivity contribution in [3.05, 3.63) is 21.1 Å². The highest BCUT2D eigenvalue weighted by molar-refractivity contribution is 9.11. The monoisotopic (exact) mass is 440 g/mol. The van der Waals surface area contributed by atoms with E-state index in [1.165, 1.54) is 4.31 Å². The number of hydrogen-bond acceptors (Lipinski definition) is 4. The molecule has 0 aromatic heterocycles. The minimum atomic E-state index is -3.63. The van der Waals surface area contributed by atoms with Gasteiger partial charge in [0.05, 0.1) is 5.69 Å². The molecule has 118 valence electrons. The summed E-state index contributed by atoms with van der Waals surface area (Å²) in [5.74, 6) is 0.203. The van der Waals surface area contributed by atoms with Crippen molar-refractivity contribution in [2.75, 3.05) is 25.4 Å². The summed E-state index contributed by atoms with van der Waals surface area (Å²) in [7, 11) is -3.63. The average Bonchev–Trinajstić information content (AvgIpc) is 2.37. The van der Waals surface area contributed by atoms with Crippen LogP contribution in [0.1, 0.15) is 19.3 Å². The first-order valence-corrected chi connectivity index (χ1v) is 9.74. The lowest BCUT2D eigenvalue weighted by Crippen LogP contribution is -2.40. The molecule has 5 nitrogen and oxygen atoms in total. The maximum absolute atomic E-state index is 12.8. The number of aliphatic hydroxyl groups is 1. The van der Waals surface area contributed by atoms with E-state index in [0.29, 0.717) is 24.0 Å². The summed E-state index contributed by atoms with van der Waals surface area (Å²) in [5, 5.41) is 9.04. The summed E-state index contributed by atoms with van der Waals surface area (Å²) in [6.07, 6.45) is 2.38. The molecule has 1 aromatic rings. The number of rotatable bonds is 4. The lowest BCUT2D eigenvalue weighted by molar-refractivity contribution is 0.203. The van der Waals surface area contributed by atoms with E-state index in [1.807, 2.05) is 0 Å². The quantitative estimate of drug-likeness (QED) is 0.703. The second kappa shape index (κ2) is 6.95. The van der Waals surface area contributed by atoms with Gasteiger partial charge in [0.25, 0.3) is 0 Å². The summed E-state index contributed by atoms with van der Waals surface area (Å²) in [5.41, 5.74) is 6.13. The van der Waals surface area contributed by atoms with Crippen LogP contribution in [0.25, 0.3) is 0 Å². The fourth-order valence-corrected chi connectivity index (χ4v) is 6.21. The molecule has 2 rings (SSSR count). The molecule has 0 amide bonds. The highest BCUT2D eigenvalue weighted by atomic mass is 79.9. The zero-order chi connectivity index (χ0) is 15.6. The van der Waals surface area contributed by atoms with Crippen LogP contribution in [0, 0.1) is 5.92 Å². The maximum Gasteiger partial charge on any atom is 0.246 e. The van der Waals surface area contributed by atoms with Crippen LogP contribution in [0.15, 0.2) is 26.0 Å². The molecule has 1 fully saturated rings. The van der Waals surface area contributed by atoms with Gasteiger partial charge in [0, 0.05) is 28.6 Å². The molecule has 0 radical (unpaired) electrons. The van der Waals surface area contributed by atoms with Crippen molar-refractivity contribution in [3.63, 3.8) is 0 Å². The van der Waals surface area contributed by atoms with Crippen LogP contribution in [0.3, 0.4) is 0 Å². The van der Waals surface area contributed by atoms with E-state index in [-0.39, 0.29) is 23.1 Å². The predicted octanol–water partition coefficient (Wildman–Crippen LogP) is 2.58. The summed E-state index contributed by atoms with van der Waals surface area (Å²) in [4.78, 5) is 0.121. The number of anilines is 1. The largest absolute Gasteiger partial charge is 0.398 e. The van der Waals surface area contributed by atoms with Crippen molar-refractivity contribution in [2.45, 2.75) is 24.2 Å². The molecular weight excluding hydrogens is 424 g/mol. The fraction of sp³-hybridized carbons (Fsp3) is 0.538.